The van der Waals surface area contributed by atoms with Crippen molar-refractivity contribution in [1.29, 1.82) is 0 Å². The fourth-order valence-electron chi connectivity index (χ4n) is 1.20. The van der Waals surface area contributed by atoms with Crippen LogP contribution in [0.2, 0.25) is 0 Å². The predicted molar refractivity (Wildman–Crippen MR) is 42.0 cm³/mol. The van der Waals surface area contributed by atoms with Crippen molar-refractivity contribution in [3.63, 3.8) is 0 Å². The van der Waals surface area contributed by atoms with Gasteiger partial charge >= 0.3 is 0 Å². The molecule has 0 radical (unpaired) electrons. The normalized spacial score (nSPS) is 24.2. The summed E-state index contributed by atoms with van der Waals surface area (Å²) >= 11 is 1.51. The van der Waals surface area contributed by atoms with Crippen LogP contribution in [0.25, 0.3) is 0 Å². The van der Waals surface area contributed by atoms with E-state index in [1.165, 1.54) is 11.3 Å². The van der Waals surface area contributed by atoms with Gasteiger partial charge in [0.1, 0.15) is 5.01 Å². The van der Waals surface area contributed by atoms with E-state index in [4.69, 9.17) is 9.84 Å². The van der Waals surface area contributed by atoms with Crippen LogP contribution in [0.3, 0.4) is 0 Å². The molecule has 1 aromatic heterocycles. The third-order valence-corrected chi connectivity index (χ3v) is 2.78. The second-order valence-electron chi connectivity index (χ2n) is 2.60. The van der Waals surface area contributed by atoms with Gasteiger partial charge in [0.25, 0.3) is 0 Å². The highest BCUT2D eigenvalue weighted by Gasteiger charge is 2.20. The molecule has 2 rings (SSSR count). The van der Waals surface area contributed by atoms with Gasteiger partial charge in [-0.2, -0.15) is 0 Å². The van der Waals surface area contributed by atoms with E-state index in [0.717, 1.165) is 24.6 Å². The molecule has 1 saturated heterocycles. The van der Waals surface area contributed by atoms with Crippen LogP contribution in [0.1, 0.15) is 17.3 Å². The highest BCUT2D eigenvalue weighted by molar-refractivity contribution is 7.09. The molecule has 1 aliphatic heterocycles. The van der Waals surface area contributed by atoms with Crippen LogP contribution in [0.4, 0.5) is 0 Å². The van der Waals surface area contributed by atoms with E-state index in [2.05, 4.69) is 4.98 Å². The Morgan fingerprint density at radius 3 is 3.18 bits per heavy atom. The van der Waals surface area contributed by atoms with Gasteiger partial charge < -0.3 is 9.84 Å². The highest BCUT2D eigenvalue weighted by Crippen LogP contribution is 2.29. The van der Waals surface area contributed by atoms with Crippen LogP contribution in [-0.4, -0.2) is 23.3 Å². The molecule has 1 unspecified atom stereocenters. The van der Waals surface area contributed by atoms with Crippen molar-refractivity contribution in [2.75, 3.05) is 13.2 Å². The Hall–Kier alpha value is -0.610. The summed E-state index contributed by atoms with van der Waals surface area (Å²) in [5.74, 6) is 0.554. The van der Waals surface area contributed by atoms with E-state index in [-0.39, 0.29) is 5.88 Å². The standard InChI is InChI=1S/C7H9NO2S/c9-6-4-11-7(8-6)5-1-2-10-3-5/h4-5,9H,1-3H2. The van der Waals surface area contributed by atoms with Crippen molar-refractivity contribution >= 4 is 11.3 Å². The average Bonchev–Trinajstić information content (AvgIpc) is 2.55. The summed E-state index contributed by atoms with van der Waals surface area (Å²) in [7, 11) is 0. The molecule has 0 bridgehead atoms. The van der Waals surface area contributed by atoms with Gasteiger partial charge in [0.05, 0.1) is 12.0 Å². The van der Waals surface area contributed by atoms with Gasteiger partial charge in [-0.1, -0.05) is 0 Å². The Morgan fingerprint density at radius 1 is 1.73 bits per heavy atom. The number of hydrogen-bond donors (Lipinski definition) is 1. The number of ether oxygens (including phenoxy) is 1. The average molecular weight is 171 g/mol. The summed E-state index contributed by atoms with van der Waals surface area (Å²) in [6.45, 7) is 1.58. The molecule has 1 N–H and O–H groups in total. The minimum atomic E-state index is 0.136. The second kappa shape index (κ2) is 2.79. The number of rotatable bonds is 1. The zero-order chi connectivity index (χ0) is 7.68. The molecule has 11 heavy (non-hydrogen) atoms. The minimum absolute atomic E-state index is 0.136. The molecule has 0 spiro atoms. The molecular weight excluding hydrogens is 162 g/mol. The Morgan fingerprint density at radius 2 is 2.64 bits per heavy atom. The molecular formula is C7H9NO2S. The van der Waals surface area contributed by atoms with Gasteiger partial charge in [0, 0.05) is 12.5 Å². The fraction of sp³-hybridized carbons (Fsp3) is 0.571. The second-order valence-corrected chi connectivity index (χ2v) is 3.49. The molecule has 0 aromatic carbocycles. The third-order valence-electron chi connectivity index (χ3n) is 1.79. The van der Waals surface area contributed by atoms with Crippen LogP contribution in [0.5, 0.6) is 5.88 Å². The van der Waals surface area contributed by atoms with Crippen molar-refractivity contribution < 1.29 is 9.84 Å². The van der Waals surface area contributed by atoms with Gasteiger partial charge in [0.2, 0.25) is 5.88 Å². The van der Waals surface area contributed by atoms with E-state index in [9.17, 15) is 0 Å². The van der Waals surface area contributed by atoms with Gasteiger partial charge in [0.15, 0.2) is 0 Å². The van der Waals surface area contributed by atoms with Gasteiger partial charge in [-0.3, -0.25) is 0 Å². The molecule has 1 aliphatic rings. The molecule has 3 nitrogen and oxygen atoms in total. The first kappa shape index (κ1) is 7.06. The number of aromatic nitrogens is 1. The zero-order valence-electron chi connectivity index (χ0n) is 5.99. The summed E-state index contributed by atoms with van der Waals surface area (Å²) in [5.41, 5.74) is 0. The van der Waals surface area contributed by atoms with Gasteiger partial charge in [-0.15, -0.1) is 11.3 Å². The number of thiazole rings is 1. The number of nitrogens with zero attached hydrogens (tertiary/aromatic N) is 1. The van der Waals surface area contributed by atoms with E-state index in [1.54, 1.807) is 5.38 Å². The Labute approximate surface area is 68.7 Å². The highest BCUT2D eigenvalue weighted by atomic mass is 32.1. The molecule has 1 fully saturated rings. The van der Waals surface area contributed by atoms with Crippen molar-refractivity contribution in [2.24, 2.45) is 0 Å². The number of aromatic hydroxyl groups is 1. The van der Waals surface area contributed by atoms with Crippen LogP contribution in [-0.2, 0) is 4.74 Å². The first-order chi connectivity index (χ1) is 5.36. The molecule has 4 heteroatoms. The topological polar surface area (TPSA) is 42.4 Å². The first-order valence-electron chi connectivity index (χ1n) is 3.58. The molecule has 1 aromatic rings. The summed E-state index contributed by atoms with van der Waals surface area (Å²) < 4.78 is 5.21. The van der Waals surface area contributed by atoms with Crippen LogP contribution < -0.4 is 0 Å². The summed E-state index contributed by atoms with van der Waals surface area (Å²) in [4.78, 5) is 3.99. The molecule has 60 valence electrons. The first-order valence-corrected chi connectivity index (χ1v) is 4.46. The lowest BCUT2D eigenvalue weighted by molar-refractivity contribution is 0.194. The van der Waals surface area contributed by atoms with Gasteiger partial charge in [-0.05, 0) is 6.42 Å². The van der Waals surface area contributed by atoms with Crippen LogP contribution in [0.15, 0.2) is 5.38 Å². The summed E-state index contributed by atoms with van der Waals surface area (Å²) in [6, 6.07) is 0. The minimum Gasteiger partial charge on any atom is -0.493 e. The lowest BCUT2D eigenvalue weighted by atomic mass is 10.1. The summed E-state index contributed by atoms with van der Waals surface area (Å²) in [6.07, 6.45) is 1.03. The van der Waals surface area contributed by atoms with E-state index in [0.29, 0.717) is 5.92 Å². The van der Waals surface area contributed by atoms with E-state index in [1.807, 2.05) is 0 Å². The molecule has 0 amide bonds. The zero-order valence-corrected chi connectivity index (χ0v) is 6.80. The monoisotopic (exact) mass is 171 g/mol. The largest absolute Gasteiger partial charge is 0.493 e. The lowest BCUT2D eigenvalue weighted by Crippen LogP contribution is -1.95. The van der Waals surface area contributed by atoms with Crippen molar-refractivity contribution in [1.82, 2.24) is 4.98 Å². The maximum atomic E-state index is 8.97. The SMILES string of the molecule is Oc1csc(C2CCOC2)n1. The van der Waals surface area contributed by atoms with Crippen LogP contribution >= 0.6 is 11.3 Å². The lowest BCUT2D eigenvalue weighted by Gasteiger charge is -1.99. The van der Waals surface area contributed by atoms with Crippen molar-refractivity contribution in [2.45, 2.75) is 12.3 Å². The van der Waals surface area contributed by atoms with E-state index >= 15 is 0 Å². The predicted octanol–water partition coefficient (Wildman–Crippen LogP) is 1.35. The maximum Gasteiger partial charge on any atom is 0.222 e. The number of hydrogen-bond acceptors (Lipinski definition) is 4. The fourth-order valence-corrected chi connectivity index (χ4v) is 2.00. The Kier molecular flexibility index (Phi) is 1.79. The maximum absolute atomic E-state index is 8.97. The van der Waals surface area contributed by atoms with Crippen LogP contribution in [0, 0.1) is 0 Å². The molecule has 0 saturated carbocycles. The van der Waals surface area contributed by atoms with Gasteiger partial charge in [-0.25, -0.2) is 4.98 Å². The molecule has 1 atom stereocenters. The Bertz CT molecular complexity index is 242. The molecule has 0 aliphatic carbocycles. The summed E-state index contributed by atoms with van der Waals surface area (Å²) in [5, 5.41) is 11.6. The molecule has 2 heterocycles. The third kappa shape index (κ3) is 1.36. The van der Waals surface area contributed by atoms with Crippen molar-refractivity contribution in [3.05, 3.63) is 10.4 Å². The van der Waals surface area contributed by atoms with Crippen molar-refractivity contribution in [3.8, 4) is 5.88 Å². The Balaban J connectivity index is 2.15. The smallest absolute Gasteiger partial charge is 0.222 e. The quantitative estimate of drug-likeness (QED) is 0.693. The van der Waals surface area contributed by atoms with E-state index < -0.39 is 0 Å².